The summed E-state index contributed by atoms with van der Waals surface area (Å²) >= 11 is 0. The van der Waals surface area contributed by atoms with Gasteiger partial charge in [-0.15, -0.1) is 0 Å². The highest BCUT2D eigenvalue weighted by atomic mass is 16.5. The van der Waals surface area contributed by atoms with E-state index in [-0.39, 0.29) is 6.04 Å². The number of hydrogen-bond donors (Lipinski definition) is 2. The molecule has 0 radical (unpaired) electrons. The predicted molar refractivity (Wildman–Crippen MR) is 76.4 cm³/mol. The molecule has 1 unspecified atom stereocenters. The van der Waals surface area contributed by atoms with Gasteiger partial charge in [-0.05, 0) is 49.8 Å². The average Bonchev–Trinajstić information content (AvgIpc) is 2.46. The summed E-state index contributed by atoms with van der Waals surface area (Å²) in [6, 6.07) is 6.13. The van der Waals surface area contributed by atoms with Crippen molar-refractivity contribution in [1.29, 1.82) is 0 Å². The summed E-state index contributed by atoms with van der Waals surface area (Å²) in [5, 5.41) is 0. The van der Waals surface area contributed by atoms with E-state index in [1.165, 1.54) is 0 Å². The lowest BCUT2D eigenvalue weighted by molar-refractivity contribution is 0.279. The summed E-state index contributed by atoms with van der Waals surface area (Å²) < 4.78 is 10.7. The monoisotopic (exact) mass is 264 g/mol. The molecule has 0 saturated heterocycles. The summed E-state index contributed by atoms with van der Waals surface area (Å²) in [5.41, 5.74) is 13.4. The van der Waals surface area contributed by atoms with E-state index >= 15 is 0 Å². The maximum absolute atomic E-state index is 6.44. The fourth-order valence-electron chi connectivity index (χ4n) is 2.86. The van der Waals surface area contributed by atoms with Gasteiger partial charge < -0.3 is 20.9 Å². The van der Waals surface area contributed by atoms with Gasteiger partial charge in [-0.25, -0.2) is 0 Å². The molecule has 4 heteroatoms. The molecule has 1 aromatic carbocycles. The Morgan fingerprint density at radius 1 is 1.11 bits per heavy atom. The molecular formula is C15H24N2O2. The van der Waals surface area contributed by atoms with Crippen molar-refractivity contribution in [2.45, 2.75) is 37.8 Å². The summed E-state index contributed by atoms with van der Waals surface area (Å²) in [7, 11) is 3.34. The Labute approximate surface area is 115 Å². The Bertz CT molecular complexity index is 415. The molecule has 106 valence electrons. The first-order valence-electron chi connectivity index (χ1n) is 6.88. The Hall–Kier alpha value is -1.26. The van der Waals surface area contributed by atoms with E-state index in [4.69, 9.17) is 20.9 Å². The molecule has 0 bridgehead atoms. The van der Waals surface area contributed by atoms with Gasteiger partial charge in [-0.2, -0.15) is 0 Å². The van der Waals surface area contributed by atoms with Crippen molar-refractivity contribution in [3.8, 4) is 11.5 Å². The first kappa shape index (κ1) is 14.2. The van der Waals surface area contributed by atoms with Crippen LogP contribution in [0.1, 0.15) is 37.3 Å². The molecule has 0 spiro atoms. The molecule has 19 heavy (non-hydrogen) atoms. The smallest absolute Gasteiger partial charge is 0.123 e. The third kappa shape index (κ3) is 3.19. The van der Waals surface area contributed by atoms with Crippen molar-refractivity contribution in [2.75, 3.05) is 14.2 Å². The van der Waals surface area contributed by atoms with Gasteiger partial charge in [0, 0.05) is 17.6 Å². The van der Waals surface area contributed by atoms with Crippen LogP contribution in [0.5, 0.6) is 11.5 Å². The van der Waals surface area contributed by atoms with Gasteiger partial charge >= 0.3 is 0 Å². The van der Waals surface area contributed by atoms with E-state index in [2.05, 4.69) is 0 Å². The van der Waals surface area contributed by atoms with Crippen LogP contribution in [0.15, 0.2) is 18.2 Å². The number of nitrogens with two attached hydrogens (primary N) is 2. The lowest BCUT2D eigenvalue weighted by Gasteiger charge is -2.31. The van der Waals surface area contributed by atoms with E-state index in [0.29, 0.717) is 12.0 Å². The Morgan fingerprint density at radius 3 is 2.37 bits per heavy atom. The van der Waals surface area contributed by atoms with Crippen molar-refractivity contribution >= 4 is 0 Å². The number of ether oxygens (including phenoxy) is 2. The van der Waals surface area contributed by atoms with Crippen molar-refractivity contribution in [1.82, 2.24) is 0 Å². The zero-order valence-corrected chi connectivity index (χ0v) is 11.8. The van der Waals surface area contributed by atoms with Crippen LogP contribution in [-0.4, -0.2) is 20.3 Å². The van der Waals surface area contributed by atoms with Gasteiger partial charge in [0.2, 0.25) is 0 Å². The van der Waals surface area contributed by atoms with Crippen LogP contribution >= 0.6 is 0 Å². The topological polar surface area (TPSA) is 70.5 Å². The number of benzene rings is 1. The van der Waals surface area contributed by atoms with Crippen LogP contribution in [0, 0.1) is 5.92 Å². The molecule has 0 aromatic heterocycles. The molecule has 1 atom stereocenters. The molecule has 0 aliphatic heterocycles. The Kier molecular flexibility index (Phi) is 4.66. The minimum atomic E-state index is -0.0162. The summed E-state index contributed by atoms with van der Waals surface area (Å²) in [6.07, 6.45) is 4.29. The summed E-state index contributed by atoms with van der Waals surface area (Å²) in [4.78, 5) is 0. The van der Waals surface area contributed by atoms with Crippen LogP contribution in [0.25, 0.3) is 0 Å². The highest BCUT2D eigenvalue weighted by Crippen LogP contribution is 2.37. The van der Waals surface area contributed by atoms with E-state index in [0.717, 1.165) is 42.7 Å². The van der Waals surface area contributed by atoms with Gasteiger partial charge in [0.15, 0.2) is 0 Å². The standard InChI is InChI=1S/C15H24N2O2/c1-18-12-7-8-14(19-2)13(9-12)15(17)10-3-5-11(16)6-4-10/h7-11,15H,3-6,16-17H2,1-2H3. The van der Waals surface area contributed by atoms with Crippen LogP contribution in [0.3, 0.4) is 0 Å². The molecule has 1 aliphatic carbocycles. The summed E-state index contributed by atoms with van der Waals surface area (Å²) in [6.45, 7) is 0. The van der Waals surface area contributed by atoms with Crippen LogP contribution in [-0.2, 0) is 0 Å². The second-order valence-corrected chi connectivity index (χ2v) is 5.31. The average molecular weight is 264 g/mol. The first-order valence-corrected chi connectivity index (χ1v) is 6.88. The third-order valence-corrected chi connectivity index (χ3v) is 4.12. The quantitative estimate of drug-likeness (QED) is 0.874. The minimum absolute atomic E-state index is 0.0162. The van der Waals surface area contributed by atoms with Crippen LogP contribution < -0.4 is 20.9 Å². The molecule has 1 saturated carbocycles. The molecule has 0 heterocycles. The van der Waals surface area contributed by atoms with E-state index in [1.54, 1.807) is 14.2 Å². The fraction of sp³-hybridized carbons (Fsp3) is 0.600. The molecule has 2 rings (SSSR count). The van der Waals surface area contributed by atoms with Crippen LogP contribution in [0.2, 0.25) is 0 Å². The van der Waals surface area contributed by atoms with Crippen molar-refractivity contribution in [2.24, 2.45) is 17.4 Å². The lowest BCUT2D eigenvalue weighted by atomic mass is 9.79. The molecule has 0 amide bonds. The van der Waals surface area contributed by atoms with Gasteiger partial charge in [-0.3, -0.25) is 0 Å². The van der Waals surface area contributed by atoms with E-state index in [9.17, 15) is 0 Å². The highest BCUT2D eigenvalue weighted by Gasteiger charge is 2.27. The summed E-state index contributed by atoms with van der Waals surface area (Å²) in [5.74, 6) is 2.13. The highest BCUT2D eigenvalue weighted by molar-refractivity contribution is 5.42. The normalized spacial score (nSPS) is 24.8. The van der Waals surface area contributed by atoms with Gasteiger partial charge in [0.1, 0.15) is 11.5 Å². The largest absolute Gasteiger partial charge is 0.497 e. The number of hydrogen-bond acceptors (Lipinski definition) is 4. The predicted octanol–water partition coefficient (Wildman–Crippen LogP) is 2.22. The van der Waals surface area contributed by atoms with Crippen LogP contribution in [0.4, 0.5) is 0 Å². The van der Waals surface area contributed by atoms with Crippen molar-refractivity contribution in [3.05, 3.63) is 23.8 Å². The van der Waals surface area contributed by atoms with Crippen molar-refractivity contribution < 1.29 is 9.47 Å². The lowest BCUT2D eigenvalue weighted by Crippen LogP contribution is -2.31. The SMILES string of the molecule is COc1ccc(OC)c(C(N)C2CCC(N)CC2)c1. The second-order valence-electron chi connectivity index (χ2n) is 5.31. The van der Waals surface area contributed by atoms with Gasteiger partial charge in [-0.1, -0.05) is 0 Å². The number of rotatable bonds is 4. The maximum Gasteiger partial charge on any atom is 0.123 e. The molecule has 4 nitrogen and oxygen atoms in total. The fourth-order valence-corrected chi connectivity index (χ4v) is 2.86. The van der Waals surface area contributed by atoms with E-state index < -0.39 is 0 Å². The molecular weight excluding hydrogens is 240 g/mol. The maximum atomic E-state index is 6.44. The zero-order chi connectivity index (χ0) is 13.8. The van der Waals surface area contributed by atoms with Crippen molar-refractivity contribution in [3.63, 3.8) is 0 Å². The Balaban J connectivity index is 2.19. The molecule has 1 fully saturated rings. The molecule has 1 aromatic rings. The van der Waals surface area contributed by atoms with Gasteiger partial charge in [0.05, 0.1) is 14.2 Å². The molecule has 4 N–H and O–H groups in total. The number of methoxy groups -OCH3 is 2. The molecule has 1 aliphatic rings. The Morgan fingerprint density at radius 2 is 1.79 bits per heavy atom. The first-order chi connectivity index (χ1) is 9.15. The van der Waals surface area contributed by atoms with E-state index in [1.807, 2.05) is 18.2 Å². The second kappa shape index (κ2) is 6.26. The zero-order valence-electron chi connectivity index (χ0n) is 11.8. The van der Waals surface area contributed by atoms with Gasteiger partial charge in [0.25, 0.3) is 0 Å². The minimum Gasteiger partial charge on any atom is -0.497 e. The third-order valence-electron chi connectivity index (χ3n) is 4.12.